The van der Waals surface area contributed by atoms with Crippen molar-refractivity contribution in [3.8, 4) is 11.4 Å². The standard InChI is InChI=1S/C25H22FN3O3/c1-17-6-7-18(2)29(17)21-8-10-22(11-9-21)31-16-23-12-13-24(32-23)25(30)28-27-15-19-4-3-5-20(26)14-19/h3-15H,16H2,1-2H3,(H,28,30)/b27-15+. The summed E-state index contributed by atoms with van der Waals surface area (Å²) in [5, 5.41) is 3.82. The largest absolute Gasteiger partial charge is 0.486 e. The molecule has 0 saturated heterocycles. The Bertz CT molecular complexity index is 1240. The number of carbonyl (C=O) groups excluding carboxylic acids is 1. The zero-order chi connectivity index (χ0) is 22.5. The molecule has 162 valence electrons. The van der Waals surface area contributed by atoms with Crippen LogP contribution < -0.4 is 10.2 Å². The highest BCUT2D eigenvalue weighted by molar-refractivity contribution is 5.92. The van der Waals surface area contributed by atoms with Crippen molar-refractivity contribution in [2.75, 3.05) is 0 Å². The molecule has 0 aliphatic heterocycles. The molecule has 0 bridgehead atoms. The number of ether oxygens (including phenoxy) is 1. The molecule has 6 nitrogen and oxygen atoms in total. The van der Waals surface area contributed by atoms with Crippen molar-refractivity contribution < 1.29 is 18.3 Å². The summed E-state index contributed by atoms with van der Waals surface area (Å²) in [6, 6.07) is 21.0. The molecule has 0 saturated carbocycles. The van der Waals surface area contributed by atoms with Gasteiger partial charge in [-0.05, 0) is 80.1 Å². The first-order valence-electron chi connectivity index (χ1n) is 10.1. The molecule has 4 aromatic rings. The summed E-state index contributed by atoms with van der Waals surface area (Å²) in [5.74, 6) is 0.420. The number of halogens is 1. The first kappa shape index (κ1) is 21.1. The summed E-state index contributed by atoms with van der Waals surface area (Å²) in [5.41, 5.74) is 6.28. The van der Waals surface area contributed by atoms with Crippen LogP contribution in [0.5, 0.6) is 5.75 Å². The topological polar surface area (TPSA) is 68.8 Å². The van der Waals surface area contributed by atoms with E-state index in [9.17, 15) is 9.18 Å². The van der Waals surface area contributed by atoms with Gasteiger partial charge in [-0.15, -0.1) is 0 Å². The van der Waals surface area contributed by atoms with Crippen LogP contribution in [-0.4, -0.2) is 16.7 Å². The number of nitrogens with zero attached hydrogens (tertiary/aromatic N) is 2. The normalized spacial score (nSPS) is 11.1. The second kappa shape index (κ2) is 9.34. The van der Waals surface area contributed by atoms with Gasteiger partial charge in [-0.3, -0.25) is 4.79 Å². The lowest BCUT2D eigenvalue weighted by atomic mass is 10.2. The smallest absolute Gasteiger partial charge is 0.307 e. The fourth-order valence-corrected chi connectivity index (χ4v) is 3.31. The Balaban J connectivity index is 1.32. The van der Waals surface area contributed by atoms with E-state index in [1.807, 2.05) is 24.3 Å². The number of rotatable bonds is 7. The third-order valence-corrected chi connectivity index (χ3v) is 4.86. The van der Waals surface area contributed by atoms with Crippen LogP contribution in [0.2, 0.25) is 0 Å². The van der Waals surface area contributed by atoms with Gasteiger partial charge in [0.05, 0.1) is 6.21 Å². The number of furan rings is 1. The Kier molecular flexibility index (Phi) is 6.17. The molecule has 2 aromatic heterocycles. The summed E-state index contributed by atoms with van der Waals surface area (Å²) in [4.78, 5) is 12.2. The Hall–Kier alpha value is -4.13. The van der Waals surface area contributed by atoms with E-state index in [-0.39, 0.29) is 18.2 Å². The van der Waals surface area contributed by atoms with Crippen molar-refractivity contribution in [1.82, 2.24) is 9.99 Å². The van der Waals surface area contributed by atoms with E-state index >= 15 is 0 Å². The Morgan fingerprint density at radius 1 is 1.06 bits per heavy atom. The molecule has 32 heavy (non-hydrogen) atoms. The van der Waals surface area contributed by atoms with Gasteiger partial charge in [0.15, 0.2) is 5.76 Å². The van der Waals surface area contributed by atoms with Gasteiger partial charge >= 0.3 is 5.91 Å². The molecule has 0 aliphatic rings. The van der Waals surface area contributed by atoms with E-state index in [0.29, 0.717) is 17.1 Å². The molecular formula is C25H22FN3O3. The summed E-state index contributed by atoms with van der Waals surface area (Å²) >= 11 is 0. The minimum atomic E-state index is -0.509. The highest BCUT2D eigenvalue weighted by Gasteiger charge is 2.11. The average Bonchev–Trinajstić information content (AvgIpc) is 3.39. The van der Waals surface area contributed by atoms with Gasteiger partial charge < -0.3 is 13.7 Å². The maximum absolute atomic E-state index is 13.2. The predicted molar refractivity (Wildman–Crippen MR) is 120 cm³/mol. The van der Waals surface area contributed by atoms with Crippen LogP contribution in [0.1, 0.15) is 33.3 Å². The molecule has 7 heteroatoms. The molecule has 4 rings (SSSR count). The summed E-state index contributed by atoms with van der Waals surface area (Å²) in [7, 11) is 0. The quantitative estimate of drug-likeness (QED) is 0.324. The first-order chi connectivity index (χ1) is 15.5. The van der Waals surface area contributed by atoms with Gasteiger partial charge in [0.25, 0.3) is 0 Å². The first-order valence-corrected chi connectivity index (χ1v) is 10.1. The predicted octanol–water partition coefficient (Wildman–Crippen LogP) is 5.17. The molecule has 1 N–H and O–H groups in total. The number of aromatic nitrogens is 1. The number of aryl methyl sites for hydroxylation is 2. The molecule has 0 aliphatic carbocycles. The van der Waals surface area contributed by atoms with Crippen molar-refractivity contribution in [3.05, 3.63) is 107 Å². The number of nitrogens with one attached hydrogen (secondary N) is 1. The lowest BCUT2D eigenvalue weighted by molar-refractivity contribution is 0.0923. The molecule has 0 spiro atoms. The number of carbonyl (C=O) groups is 1. The summed E-state index contributed by atoms with van der Waals surface area (Å²) < 4.78 is 26.6. The molecular weight excluding hydrogens is 409 g/mol. The van der Waals surface area contributed by atoms with E-state index in [2.05, 4.69) is 41.1 Å². The number of hydrogen-bond acceptors (Lipinski definition) is 4. The molecule has 0 fully saturated rings. The van der Waals surface area contributed by atoms with E-state index in [1.165, 1.54) is 18.3 Å². The average molecular weight is 431 g/mol. The fraction of sp³-hybridized carbons (Fsp3) is 0.120. The lowest BCUT2D eigenvalue weighted by Crippen LogP contribution is -2.16. The zero-order valence-corrected chi connectivity index (χ0v) is 17.7. The van der Waals surface area contributed by atoms with Crippen LogP contribution >= 0.6 is 0 Å². The number of hydrazone groups is 1. The number of hydrogen-bond donors (Lipinski definition) is 1. The van der Waals surface area contributed by atoms with Gasteiger partial charge in [0, 0.05) is 17.1 Å². The molecule has 2 aromatic carbocycles. The Morgan fingerprint density at radius 2 is 1.81 bits per heavy atom. The summed E-state index contributed by atoms with van der Waals surface area (Å²) in [6.07, 6.45) is 1.36. The Labute approximate surface area is 184 Å². The maximum atomic E-state index is 13.2. The van der Waals surface area contributed by atoms with Gasteiger partial charge in [0.2, 0.25) is 0 Å². The third kappa shape index (κ3) is 4.95. The minimum absolute atomic E-state index is 0.105. The van der Waals surface area contributed by atoms with Crippen molar-refractivity contribution in [3.63, 3.8) is 0 Å². The van der Waals surface area contributed by atoms with E-state index in [1.54, 1.807) is 24.3 Å². The van der Waals surface area contributed by atoms with E-state index < -0.39 is 5.91 Å². The van der Waals surface area contributed by atoms with Crippen molar-refractivity contribution in [2.24, 2.45) is 5.10 Å². The lowest BCUT2D eigenvalue weighted by Gasteiger charge is -2.10. The van der Waals surface area contributed by atoms with Crippen molar-refractivity contribution in [1.29, 1.82) is 0 Å². The molecule has 1 amide bonds. The molecule has 0 radical (unpaired) electrons. The van der Waals surface area contributed by atoms with Crippen LogP contribution in [0.3, 0.4) is 0 Å². The van der Waals surface area contributed by atoms with Gasteiger partial charge in [0.1, 0.15) is 23.9 Å². The van der Waals surface area contributed by atoms with Crippen LogP contribution in [0.25, 0.3) is 5.69 Å². The maximum Gasteiger partial charge on any atom is 0.307 e. The van der Waals surface area contributed by atoms with Crippen molar-refractivity contribution >= 4 is 12.1 Å². The molecule has 2 heterocycles. The highest BCUT2D eigenvalue weighted by Crippen LogP contribution is 2.21. The minimum Gasteiger partial charge on any atom is -0.486 e. The van der Waals surface area contributed by atoms with Crippen LogP contribution in [0.15, 0.2) is 82.3 Å². The fourth-order valence-electron chi connectivity index (χ4n) is 3.31. The van der Waals surface area contributed by atoms with Gasteiger partial charge in [-0.1, -0.05) is 12.1 Å². The van der Waals surface area contributed by atoms with Gasteiger partial charge in [-0.25, -0.2) is 9.82 Å². The third-order valence-electron chi connectivity index (χ3n) is 4.86. The van der Waals surface area contributed by atoms with Crippen molar-refractivity contribution in [2.45, 2.75) is 20.5 Å². The van der Waals surface area contributed by atoms with Crippen LogP contribution in [0, 0.1) is 19.7 Å². The monoisotopic (exact) mass is 431 g/mol. The Morgan fingerprint density at radius 3 is 2.53 bits per heavy atom. The SMILES string of the molecule is Cc1ccc(C)n1-c1ccc(OCc2ccc(C(=O)N/N=C/c3cccc(F)c3)o2)cc1. The summed E-state index contributed by atoms with van der Waals surface area (Å²) in [6.45, 7) is 4.31. The van der Waals surface area contributed by atoms with Gasteiger partial charge in [-0.2, -0.15) is 5.10 Å². The molecule has 0 unspecified atom stereocenters. The zero-order valence-electron chi connectivity index (χ0n) is 17.7. The van der Waals surface area contributed by atoms with E-state index in [4.69, 9.17) is 9.15 Å². The van der Waals surface area contributed by atoms with Crippen LogP contribution in [0.4, 0.5) is 4.39 Å². The van der Waals surface area contributed by atoms with E-state index in [0.717, 1.165) is 17.1 Å². The highest BCUT2D eigenvalue weighted by atomic mass is 19.1. The number of amides is 1. The second-order valence-corrected chi connectivity index (χ2v) is 7.25. The number of benzene rings is 2. The second-order valence-electron chi connectivity index (χ2n) is 7.25. The van der Waals surface area contributed by atoms with Crippen LogP contribution in [-0.2, 0) is 6.61 Å². The molecule has 0 atom stereocenters.